The number of anilines is 1. The number of nitrogens with zero attached hydrogens (tertiary/aromatic N) is 3. The molecule has 0 spiro atoms. The molecule has 5 rings (SSSR count). The third kappa shape index (κ3) is 2.66. The fraction of sp³-hybridized carbons (Fsp3) is 0.235. The topological polar surface area (TPSA) is 89.7 Å². The molecule has 0 atom stereocenters. The van der Waals surface area contributed by atoms with Gasteiger partial charge in [0, 0.05) is 35.8 Å². The van der Waals surface area contributed by atoms with E-state index in [1.165, 1.54) is 0 Å². The van der Waals surface area contributed by atoms with Gasteiger partial charge in [-0.1, -0.05) is 5.16 Å². The first-order chi connectivity index (χ1) is 12.8. The predicted octanol–water partition coefficient (Wildman–Crippen LogP) is 3.16. The number of rotatable bonds is 3. The number of nitrogens with one attached hydrogen (secondary N) is 1. The summed E-state index contributed by atoms with van der Waals surface area (Å²) in [6, 6.07) is 7.10. The van der Waals surface area contributed by atoms with E-state index in [1.807, 2.05) is 16.8 Å². The van der Waals surface area contributed by atoms with E-state index in [2.05, 4.69) is 15.5 Å². The molecule has 0 bridgehead atoms. The van der Waals surface area contributed by atoms with Gasteiger partial charge in [-0.25, -0.2) is 4.79 Å². The molecule has 1 saturated heterocycles. The van der Waals surface area contributed by atoms with Crippen LogP contribution in [0.25, 0.3) is 11.4 Å². The second-order valence-corrected chi connectivity index (χ2v) is 6.85. The van der Waals surface area contributed by atoms with Crippen molar-refractivity contribution < 1.29 is 18.8 Å². The maximum absolute atomic E-state index is 12.3. The van der Waals surface area contributed by atoms with Gasteiger partial charge in [0.1, 0.15) is 0 Å². The van der Waals surface area contributed by atoms with Crippen LogP contribution in [0.3, 0.4) is 0 Å². The fourth-order valence-corrected chi connectivity index (χ4v) is 3.52. The summed E-state index contributed by atoms with van der Waals surface area (Å²) < 4.78 is 15.9. The summed E-state index contributed by atoms with van der Waals surface area (Å²) in [5, 5.41) is 10.8. The summed E-state index contributed by atoms with van der Waals surface area (Å²) in [6.07, 6.45) is 0. The summed E-state index contributed by atoms with van der Waals surface area (Å²) in [5.74, 6) is 2.54. The van der Waals surface area contributed by atoms with Gasteiger partial charge in [-0.05, 0) is 23.6 Å². The van der Waals surface area contributed by atoms with Gasteiger partial charge in [-0.15, -0.1) is 0 Å². The maximum Gasteiger partial charge on any atom is 0.321 e. The van der Waals surface area contributed by atoms with Crippen LogP contribution in [-0.4, -0.2) is 41.0 Å². The van der Waals surface area contributed by atoms with E-state index in [0.717, 1.165) is 5.56 Å². The van der Waals surface area contributed by atoms with Gasteiger partial charge in [0.15, 0.2) is 11.5 Å². The Balaban J connectivity index is 1.19. The first kappa shape index (κ1) is 15.2. The monoisotopic (exact) mass is 370 g/mol. The van der Waals surface area contributed by atoms with Crippen LogP contribution in [0.2, 0.25) is 0 Å². The van der Waals surface area contributed by atoms with Crippen molar-refractivity contribution in [1.82, 2.24) is 15.0 Å². The van der Waals surface area contributed by atoms with E-state index >= 15 is 0 Å². The first-order valence-electron chi connectivity index (χ1n) is 8.08. The van der Waals surface area contributed by atoms with Crippen molar-refractivity contribution in [3.8, 4) is 22.9 Å². The van der Waals surface area contributed by atoms with E-state index in [0.29, 0.717) is 42.0 Å². The van der Waals surface area contributed by atoms with E-state index in [4.69, 9.17) is 14.0 Å². The SMILES string of the molecule is O=C(Nc1ccc2c(c1)OCO2)N1CC(c2nc(-c3ccsc3)no2)C1. The third-order valence-electron chi connectivity index (χ3n) is 4.36. The quantitative estimate of drug-likeness (QED) is 0.762. The molecule has 2 amide bonds. The lowest BCUT2D eigenvalue weighted by Gasteiger charge is -2.36. The number of amides is 2. The highest BCUT2D eigenvalue weighted by Crippen LogP contribution is 2.35. The smallest absolute Gasteiger partial charge is 0.321 e. The van der Waals surface area contributed by atoms with Crippen LogP contribution in [0.5, 0.6) is 11.5 Å². The number of ether oxygens (including phenoxy) is 2. The highest BCUT2D eigenvalue weighted by molar-refractivity contribution is 7.08. The Morgan fingerprint density at radius 1 is 1.23 bits per heavy atom. The molecule has 8 nitrogen and oxygen atoms in total. The minimum absolute atomic E-state index is 0.0670. The Bertz CT molecular complexity index is 950. The largest absolute Gasteiger partial charge is 0.454 e. The van der Waals surface area contributed by atoms with Crippen molar-refractivity contribution in [3.05, 3.63) is 40.9 Å². The van der Waals surface area contributed by atoms with Crippen LogP contribution in [-0.2, 0) is 0 Å². The number of likely N-dealkylation sites (tertiary alicyclic amines) is 1. The van der Waals surface area contributed by atoms with Crippen LogP contribution < -0.4 is 14.8 Å². The molecular weight excluding hydrogens is 356 g/mol. The van der Waals surface area contributed by atoms with Crippen molar-refractivity contribution >= 4 is 23.1 Å². The van der Waals surface area contributed by atoms with Crippen LogP contribution in [0.4, 0.5) is 10.5 Å². The van der Waals surface area contributed by atoms with E-state index in [1.54, 1.807) is 34.4 Å². The van der Waals surface area contributed by atoms with Crippen molar-refractivity contribution in [1.29, 1.82) is 0 Å². The summed E-state index contributed by atoms with van der Waals surface area (Å²) >= 11 is 1.58. The second-order valence-electron chi connectivity index (χ2n) is 6.07. The zero-order valence-corrected chi connectivity index (χ0v) is 14.4. The molecule has 1 fully saturated rings. The summed E-state index contributed by atoms with van der Waals surface area (Å²) in [6.45, 7) is 1.29. The van der Waals surface area contributed by atoms with E-state index in [9.17, 15) is 4.79 Å². The van der Waals surface area contributed by atoms with Crippen LogP contribution in [0, 0.1) is 0 Å². The van der Waals surface area contributed by atoms with Crippen LogP contribution >= 0.6 is 11.3 Å². The molecule has 1 aromatic carbocycles. The average Bonchev–Trinajstić information content (AvgIpc) is 3.34. The number of urea groups is 1. The van der Waals surface area contributed by atoms with Gasteiger partial charge >= 0.3 is 6.03 Å². The molecule has 9 heteroatoms. The average molecular weight is 370 g/mol. The van der Waals surface area contributed by atoms with Crippen molar-refractivity contribution in [2.45, 2.75) is 5.92 Å². The molecule has 132 valence electrons. The number of benzene rings is 1. The number of aromatic nitrogens is 2. The summed E-state index contributed by atoms with van der Waals surface area (Å²) in [5.41, 5.74) is 1.61. The molecule has 1 N–H and O–H groups in total. The number of hydrogen-bond acceptors (Lipinski definition) is 7. The lowest BCUT2D eigenvalue weighted by atomic mass is 10.0. The Kier molecular flexibility index (Phi) is 3.52. The first-order valence-corrected chi connectivity index (χ1v) is 9.02. The maximum atomic E-state index is 12.3. The zero-order chi connectivity index (χ0) is 17.5. The summed E-state index contributed by atoms with van der Waals surface area (Å²) in [4.78, 5) is 18.5. The number of hydrogen-bond donors (Lipinski definition) is 1. The molecule has 2 aromatic heterocycles. The number of carbonyl (C=O) groups excluding carboxylic acids is 1. The van der Waals surface area contributed by atoms with Gasteiger partial charge < -0.3 is 24.2 Å². The van der Waals surface area contributed by atoms with E-state index in [-0.39, 0.29) is 18.7 Å². The third-order valence-corrected chi connectivity index (χ3v) is 5.05. The van der Waals surface area contributed by atoms with Crippen LogP contribution in [0.1, 0.15) is 11.8 Å². The Labute approximate surface area is 152 Å². The highest BCUT2D eigenvalue weighted by atomic mass is 32.1. The lowest BCUT2D eigenvalue weighted by Crippen LogP contribution is -2.50. The molecule has 2 aliphatic heterocycles. The van der Waals surface area contributed by atoms with Crippen molar-refractivity contribution in [2.24, 2.45) is 0 Å². The molecule has 0 unspecified atom stereocenters. The second kappa shape index (κ2) is 6.03. The van der Waals surface area contributed by atoms with Gasteiger partial charge in [0.2, 0.25) is 18.5 Å². The van der Waals surface area contributed by atoms with Gasteiger partial charge in [-0.3, -0.25) is 0 Å². The Morgan fingerprint density at radius 2 is 2.12 bits per heavy atom. The van der Waals surface area contributed by atoms with Crippen LogP contribution in [0.15, 0.2) is 39.5 Å². The van der Waals surface area contributed by atoms with Gasteiger partial charge in [0.25, 0.3) is 0 Å². The molecule has 2 aliphatic rings. The minimum atomic E-state index is -0.169. The van der Waals surface area contributed by atoms with Gasteiger partial charge in [-0.2, -0.15) is 16.3 Å². The predicted molar refractivity (Wildman–Crippen MR) is 93.5 cm³/mol. The minimum Gasteiger partial charge on any atom is -0.454 e. The molecule has 0 radical (unpaired) electrons. The standard InChI is InChI=1S/C17H14N4O4S/c22-17(18-12-1-2-13-14(5-12)24-9-23-13)21-6-11(7-21)16-19-15(20-25-16)10-3-4-26-8-10/h1-5,8,11H,6-7,9H2,(H,18,22). The molecule has 0 aliphatic carbocycles. The molecule has 26 heavy (non-hydrogen) atoms. The fourth-order valence-electron chi connectivity index (χ4n) is 2.89. The number of carbonyl (C=O) groups is 1. The highest BCUT2D eigenvalue weighted by Gasteiger charge is 2.36. The summed E-state index contributed by atoms with van der Waals surface area (Å²) in [7, 11) is 0. The molecular formula is C17H14N4O4S. The zero-order valence-electron chi connectivity index (χ0n) is 13.5. The number of fused-ring (bicyclic) bond motifs is 1. The van der Waals surface area contributed by atoms with E-state index < -0.39 is 0 Å². The lowest BCUT2D eigenvalue weighted by molar-refractivity contribution is 0.147. The molecule has 3 aromatic rings. The normalized spacial score (nSPS) is 15.8. The number of thiophene rings is 1. The van der Waals surface area contributed by atoms with Gasteiger partial charge in [0.05, 0.1) is 5.92 Å². The Hall–Kier alpha value is -3.07. The van der Waals surface area contributed by atoms with Crippen molar-refractivity contribution in [3.63, 3.8) is 0 Å². The Morgan fingerprint density at radius 3 is 2.96 bits per heavy atom. The molecule has 4 heterocycles. The molecule has 0 saturated carbocycles. The van der Waals surface area contributed by atoms with Crippen molar-refractivity contribution in [2.75, 3.05) is 25.2 Å².